The number of hydrogen-bond donors (Lipinski definition) is 2. The van der Waals surface area contributed by atoms with Gasteiger partial charge in [0.05, 0.1) is 12.1 Å². The third-order valence-electron chi connectivity index (χ3n) is 2.50. The molecule has 0 bridgehead atoms. The first kappa shape index (κ1) is 9.62. The van der Waals surface area contributed by atoms with Crippen LogP contribution in [0.4, 0.5) is 0 Å². The first-order valence-electron chi connectivity index (χ1n) is 4.52. The van der Waals surface area contributed by atoms with Crippen molar-refractivity contribution in [1.29, 1.82) is 0 Å². The maximum atomic E-state index is 9.70. The van der Waals surface area contributed by atoms with Crippen molar-refractivity contribution >= 4 is 11.6 Å². The fraction of sp³-hybridized carbons (Fsp3) is 0.400. The maximum absolute atomic E-state index is 9.70. The molecule has 2 rings (SSSR count). The zero-order valence-corrected chi connectivity index (χ0v) is 8.64. The van der Waals surface area contributed by atoms with Crippen molar-refractivity contribution in [3.8, 4) is 11.5 Å². The summed E-state index contributed by atoms with van der Waals surface area (Å²) < 4.78 is 5.00. The third-order valence-corrected chi connectivity index (χ3v) is 2.80. The van der Waals surface area contributed by atoms with E-state index >= 15 is 0 Å². The Hall–Kier alpha value is -0.930. The van der Waals surface area contributed by atoms with E-state index in [0.29, 0.717) is 10.8 Å². The molecule has 0 amide bonds. The van der Waals surface area contributed by atoms with E-state index in [1.807, 2.05) is 0 Å². The predicted molar refractivity (Wildman–Crippen MR) is 55.0 cm³/mol. The highest BCUT2D eigenvalue weighted by Gasteiger charge is 2.22. The van der Waals surface area contributed by atoms with Crippen molar-refractivity contribution in [2.75, 3.05) is 13.7 Å². The van der Waals surface area contributed by atoms with Crippen LogP contribution >= 0.6 is 11.6 Å². The second-order valence-electron chi connectivity index (χ2n) is 3.34. The Balaban J connectivity index is 2.36. The van der Waals surface area contributed by atoms with Gasteiger partial charge in [0.25, 0.3) is 0 Å². The highest BCUT2D eigenvalue weighted by Crippen LogP contribution is 2.37. The number of benzene rings is 1. The van der Waals surface area contributed by atoms with Gasteiger partial charge in [-0.15, -0.1) is 0 Å². The lowest BCUT2D eigenvalue weighted by molar-refractivity contribution is 0.360. The molecule has 1 aliphatic heterocycles. The molecule has 0 saturated carbocycles. The molecule has 0 unspecified atom stereocenters. The first-order chi connectivity index (χ1) is 6.72. The molecule has 1 atom stereocenters. The summed E-state index contributed by atoms with van der Waals surface area (Å²) in [6.45, 7) is 0.994. The SMILES string of the molecule is COc1cc(O)c([C@H]2CCN2)cc1Cl. The van der Waals surface area contributed by atoms with Crippen LogP contribution in [0.5, 0.6) is 11.5 Å². The second kappa shape index (κ2) is 3.67. The van der Waals surface area contributed by atoms with E-state index in [0.717, 1.165) is 18.5 Å². The van der Waals surface area contributed by atoms with Crippen molar-refractivity contribution in [1.82, 2.24) is 5.32 Å². The zero-order valence-electron chi connectivity index (χ0n) is 7.88. The number of phenolic OH excluding ortho intramolecular Hbond substituents is 1. The summed E-state index contributed by atoms with van der Waals surface area (Å²) in [5.41, 5.74) is 0.849. The summed E-state index contributed by atoms with van der Waals surface area (Å²) in [5.74, 6) is 0.746. The van der Waals surface area contributed by atoms with E-state index in [-0.39, 0.29) is 11.8 Å². The Labute approximate surface area is 87.6 Å². The molecule has 0 radical (unpaired) electrons. The Morgan fingerprint density at radius 2 is 2.29 bits per heavy atom. The minimum absolute atomic E-state index is 0.235. The van der Waals surface area contributed by atoms with Gasteiger partial charge in [-0.3, -0.25) is 0 Å². The van der Waals surface area contributed by atoms with Crippen LogP contribution in [-0.2, 0) is 0 Å². The Morgan fingerprint density at radius 3 is 2.79 bits per heavy atom. The Bertz CT molecular complexity index is 350. The van der Waals surface area contributed by atoms with Gasteiger partial charge in [-0.1, -0.05) is 11.6 Å². The monoisotopic (exact) mass is 213 g/mol. The number of ether oxygens (including phenoxy) is 1. The van der Waals surface area contributed by atoms with Crippen LogP contribution in [0.15, 0.2) is 12.1 Å². The van der Waals surface area contributed by atoms with Gasteiger partial charge in [0.1, 0.15) is 11.5 Å². The molecule has 1 fully saturated rings. The number of hydrogen-bond acceptors (Lipinski definition) is 3. The molecule has 0 aliphatic carbocycles. The van der Waals surface area contributed by atoms with Crippen LogP contribution in [0.3, 0.4) is 0 Å². The van der Waals surface area contributed by atoms with Gasteiger partial charge in [0.15, 0.2) is 0 Å². The minimum atomic E-state index is 0.235. The van der Waals surface area contributed by atoms with Crippen LogP contribution in [0.25, 0.3) is 0 Å². The minimum Gasteiger partial charge on any atom is -0.507 e. The van der Waals surface area contributed by atoms with Gasteiger partial charge in [0.2, 0.25) is 0 Å². The average Bonchev–Trinajstić information content (AvgIpc) is 2.08. The van der Waals surface area contributed by atoms with E-state index in [1.54, 1.807) is 12.1 Å². The van der Waals surface area contributed by atoms with Crippen LogP contribution in [0.1, 0.15) is 18.0 Å². The van der Waals surface area contributed by atoms with Gasteiger partial charge in [0, 0.05) is 17.7 Å². The molecule has 0 aromatic heterocycles. The number of aromatic hydroxyl groups is 1. The third kappa shape index (κ3) is 1.53. The average molecular weight is 214 g/mol. The quantitative estimate of drug-likeness (QED) is 0.791. The molecule has 76 valence electrons. The normalized spacial score (nSPS) is 20.3. The highest BCUT2D eigenvalue weighted by molar-refractivity contribution is 6.32. The van der Waals surface area contributed by atoms with E-state index in [1.165, 1.54) is 7.11 Å². The lowest BCUT2D eigenvalue weighted by Crippen LogP contribution is -2.34. The first-order valence-corrected chi connectivity index (χ1v) is 4.90. The fourth-order valence-corrected chi connectivity index (χ4v) is 1.80. The molecule has 3 nitrogen and oxygen atoms in total. The Kier molecular flexibility index (Phi) is 2.52. The summed E-state index contributed by atoms with van der Waals surface area (Å²) in [5, 5.41) is 13.4. The molecule has 1 heterocycles. The Morgan fingerprint density at radius 1 is 1.57 bits per heavy atom. The van der Waals surface area contributed by atoms with Gasteiger partial charge in [-0.25, -0.2) is 0 Å². The summed E-state index contributed by atoms with van der Waals surface area (Å²) in [6, 6.07) is 3.54. The number of halogens is 1. The van der Waals surface area contributed by atoms with E-state index in [9.17, 15) is 5.11 Å². The molecule has 1 aromatic rings. The lowest BCUT2D eigenvalue weighted by Gasteiger charge is -2.28. The number of rotatable bonds is 2. The zero-order chi connectivity index (χ0) is 10.1. The molecule has 0 spiro atoms. The smallest absolute Gasteiger partial charge is 0.141 e. The highest BCUT2D eigenvalue weighted by atomic mass is 35.5. The van der Waals surface area contributed by atoms with Gasteiger partial charge in [-0.2, -0.15) is 0 Å². The van der Waals surface area contributed by atoms with Crippen molar-refractivity contribution in [2.45, 2.75) is 12.5 Å². The van der Waals surface area contributed by atoms with Crippen LogP contribution in [0.2, 0.25) is 5.02 Å². The van der Waals surface area contributed by atoms with Crippen molar-refractivity contribution in [2.24, 2.45) is 0 Å². The number of methoxy groups -OCH3 is 1. The van der Waals surface area contributed by atoms with Crippen molar-refractivity contribution < 1.29 is 9.84 Å². The van der Waals surface area contributed by atoms with Gasteiger partial charge in [-0.05, 0) is 19.0 Å². The van der Waals surface area contributed by atoms with Crippen molar-refractivity contribution in [3.63, 3.8) is 0 Å². The van der Waals surface area contributed by atoms with Gasteiger partial charge < -0.3 is 15.2 Å². The van der Waals surface area contributed by atoms with Gasteiger partial charge >= 0.3 is 0 Å². The van der Waals surface area contributed by atoms with E-state index in [4.69, 9.17) is 16.3 Å². The van der Waals surface area contributed by atoms with E-state index in [2.05, 4.69) is 5.32 Å². The van der Waals surface area contributed by atoms with Crippen LogP contribution < -0.4 is 10.1 Å². The number of phenols is 1. The van der Waals surface area contributed by atoms with Crippen molar-refractivity contribution in [3.05, 3.63) is 22.7 Å². The molecule has 1 saturated heterocycles. The second-order valence-corrected chi connectivity index (χ2v) is 3.75. The molecule has 2 N–H and O–H groups in total. The fourth-order valence-electron chi connectivity index (χ4n) is 1.55. The summed E-state index contributed by atoms with van der Waals surface area (Å²) in [7, 11) is 1.53. The maximum Gasteiger partial charge on any atom is 0.141 e. The number of nitrogens with one attached hydrogen (secondary N) is 1. The summed E-state index contributed by atoms with van der Waals surface area (Å²) >= 11 is 5.96. The molecular weight excluding hydrogens is 202 g/mol. The molecule has 4 heteroatoms. The lowest BCUT2D eigenvalue weighted by atomic mass is 9.97. The molecule has 1 aliphatic rings. The van der Waals surface area contributed by atoms with E-state index < -0.39 is 0 Å². The van der Waals surface area contributed by atoms with Crippen LogP contribution in [-0.4, -0.2) is 18.8 Å². The predicted octanol–water partition coefficient (Wildman–Crippen LogP) is 2.09. The largest absolute Gasteiger partial charge is 0.507 e. The molecule has 1 aromatic carbocycles. The standard InChI is InChI=1S/C10H12ClNO2/c1-14-10-5-9(13)6(4-7(10)11)8-2-3-12-8/h4-5,8,12-13H,2-3H2,1H3/t8-/m1/s1. The summed E-state index contributed by atoms with van der Waals surface area (Å²) in [6.07, 6.45) is 1.04. The summed E-state index contributed by atoms with van der Waals surface area (Å²) in [4.78, 5) is 0. The topological polar surface area (TPSA) is 41.5 Å². The molecular formula is C10H12ClNO2. The van der Waals surface area contributed by atoms with Crippen LogP contribution in [0, 0.1) is 0 Å². The molecule has 14 heavy (non-hydrogen) atoms.